The highest BCUT2D eigenvalue weighted by Gasteiger charge is 2.00. The van der Waals surface area contributed by atoms with E-state index in [1.165, 1.54) is 18.2 Å². The Morgan fingerprint density at radius 1 is 1.55 bits per heavy atom. The summed E-state index contributed by atoms with van der Waals surface area (Å²) in [6.45, 7) is 0. The molecule has 0 aromatic heterocycles. The topological polar surface area (TPSA) is 23.8 Å². The van der Waals surface area contributed by atoms with Gasteiger partial charge in [-0.05, 0) is 17.7 Å². The Kier molecular flexibility index (Phi) is 2.45. The smallest absolute Gasteiger partial charge is 0.124 e. The van der Waals surface area contributed by atoms with Crippen molar-refractivity contribution in [2.45, 2.75) is 5.88 Å². The van der Waals surface area contributed by atoms with E-state index in [-0.39, 0.29) is 5.88 Å². The Bertz CT molecular complexity index is 303. The molecule has 3 heteroatoms. The first kappa shape index (κ1) is 8.03. The van der Waals surface area contributed by atoms with Crippen LogP contribution in [-0.2, 0) is 5.88 Å². The maximum atomic E-state index is 12.5. The van der Waals surface area contributed by atoms with Crippen LogP contribution in [0, 0.1) is 17.1 Å². The molecule has 0 amide bonds. The molecule has 0 aliphatic carbocycles. The highest BCUT2D eigenvalue weighted by atomic mass is 35.5. The van der Waals surface area contributed by atoms with Crippen LogP contribution in [0.25, 0.3) is 0 Å². The van der Waals surface area contributed by atoms with E-state index in [4.69, 9.17) is 16.9 Å². The first-order valence-electron chi connectivity index (χ1n) is 3.02. The van der Waals surface area contributed by atoms with Crippen molar-refractivity contribution in [1.29, 1.82) is 5.26 Å². The van der Waals surface area contributed by atoms with Gasteiger partial charge in [0.25, 0.3) is 0 Å². The van der Waals surface area contributed by atoms with Gasteiger partial charge in [0.1, 0.15) is 5.82 Å². The fraction of sp³-hybridized carbons (Fsp3) is 0.125. The Morgan fingerprint density at radius 2 is 2.27 bits per heavy atom. The molecule has 0 N–H and O–H groups in total. The van der Waals surface area contributed by atoms with Gasteiger partial charge in [-0.25, -0.2) is 4.39 Å². The van der Waals surface area contributed by atoms with Gasteiger partial charge in [0, 0.05) is 5.88 Å². The number of nitriles is 1. The average Bonchev–Trinajstić information content (AvgIpc) is 2.04. The second kappa shape index (κ2) is 3.36. The zero-order chi connectivity index (χ0) is 8.27. The lowest BCUT2D eigenvalue weighted by Gasteiger charge is -1.96. The summed E-state index contributed by atoms with van der Waals surface area (Å²) in [5.74, 6) is -0.168. The Hall–Kier alpha value is -1.07. The number of rotatable bonds is 1. The van der Waals surface area contributed by atoms with Crippen molar-refractivity contribution in [1.82, 2.24) is 0 Å². The largest absolute Gasteiger partial charge is 0.207 e. The molecule has 1 nitrogen and oxygen atoms in total. The number of benzene rings is 1. The van der Waals surface area contributed by atoms with E-state index < -0.39 is 5.82 Å². The highest BCUT2D eigenvalue weighted by molar-refractivity contribution is 6.17. The normalized spacial score (nSPS) is 9.18. The van der Waals surface area contributed by atoms with E-state index in [0.717, 1.165) is 0 Å². The van der Waals surface area contributed by atoms with Crippen molar-refractivity contribution in [3.8, 4) is 6.07 Å². The molecule has 0 aliphatic rings. The highest BCUT2D eigenvalue weighted by Crippen LogP contribution is 2.11. The Morgan fingerprint density at radius 3 is 2.82 bits per heavy atom. The van der Waals surface area contributed by atoms with Crippen molar-refractivity contribution < 1.29 is 4.39 Å². The molecular formula is C8H5ClFN. The lowest BCUT2D eigenvalue weighted by atomic mass is 10.1. The number of hydrogen-bond acceptors (Lipinski definition) is 1. The van der Waals surface area contributed by atoms with Gasteiger partial charge in [0.15, 0.2) is 0 Å². The summed E-state index contributed by atoms with van der Waals surface area (Å²) in [4.78, 5) is 0. The van der Waals surface area contributed by atoms with Crippen LogP contribution in [0.2, 0.25) is 0 Å². The van der Waals surface area contributed by atoms with Crippen LogP contribution in [0.3, 0.4) is 0 Å². The molecule has 1 aromatic carbocycles. The third-order valence-corrected chi connectivity index (χ3v) is 1.62. The molecule has 0 fully saturated rings. The summed E-state index contributed by atoms with van der Waals surface area (Å²) in [6, 6.07) is 5.85. The van der Waals surface area contributed by atoms with Gasteiger partial charge in [-0.2, -0.15) is 5.26 Å². The molecule has 0 heterocycles. The minimum Gasteiger partial charge on any atom is -0.207 e. The van der Waals surface area contributed by atoms with Crippen LogP contribution in [0.5, 0.6) is 0 Å². The predicted octanol–water partition coefficient (Wildman–Crippen LogP) is 2.44. The quantitative estimate of drug-likeness (QED) is 0.593. The molecule has 1 rings (SSSR count). The summed E-state index contributed by atoms with van der Waals surface area (Å²) in [5, 5.41) is 8.50. The summed E-state index contributed by atoms with van der Waals surface area (Å²) in [7, 11) is 0. The molecule has 0 saturated heterocycles. The molecule has 1 aromatic rings. The second-order valence-corrected chi connectivity index (χ2v) is 2.31. The zero-order valence-electron chi connectivity index (χ0n) is 5.64. The molecule has 0 atom stereocenters. The Labute approximate surface area is 69.0 Å². The summed E-state index contributed by atoms with van der Waals surface area (Å²) in [6.07, 6.45) is 0. The first-order valence-corrected chi connectivity index (χ1v) is 3.56. The molecule has 0 radical (unpaired) electrons. The third kappa shape index (κ3) is 1.69. The van der Waals surface area contributed by atoms with Gasteiger partial charge in [-0.3, -0.25) is 0 Å². The van der Waals surface area contributed by atoms with Crippen molar-refractivity contribution in [2.24, 2.45) is 0 Å². The lowest BCUT2D eigenvalue weighted by molar-refractivity contribution is 0.627. The number of halogens is 2. The summed E-state index contributed by atoms with van der Waals surface area (Å²) < 4.78 is 12.5. The van der Waals surface area contributed by atoms with Crippen LogP contribution in [0.1, 0.15) is 11.1 Å². The van der Waals surface area contributed by atoms with Crippen LogP contribution >= 0.6 is 11.6 Å². The molecule has 0 aliphatic heterocycles. The standard InChI is InChI=1S/C8H5ClFN/c9-4-6-1-2-8(10)3-7(6)5-11/h1-3H,4H2. The van der Waals surface area contributed by atoms with Crippen molar-refractivity contribution >= 4 is 11.6 Å². The Balaban J connectivity index is 3.19. The van der Waals surface area contributed by atoms with Gasteiger partial charge in [0.05, 0.1) is 11.6 Å². The van der Waals surface area contributed by atoms with Gasteiger partial charge in [0.2, 0.25) is 0 Å². The molecule has 56 valence electrons. The number of nitrogens with zero attached hydrogens (tertiary/aromatic N) is 1. The van der Waals surface area contributed by atoms with Crippen LogP contribution in [0.15, 0.2) is 18.2 Å². The minimum atomic E-state index is -0.407. The third-order valence-electron chi connectivity index (χ3n) is 1.34. The zero-order valence-corrected chi connectivity index (χ0v) is 6.40. The van der Waals surface area contributed by atoms with Gasteiger partial charge < -0.3 is 0 Å². The maximum Gasteiger partial charge on any atom is 0.124 e. The second-order valence-electron chi connectivity index (χ2n) is 2.05. The fourth-order valence-corrected chi connectivity index (χ4v) is 1.00. The summed E-state index contributed by atoms with van der Waals surface area (Å²) in [5.41, 5.74) is 0.968. The van der Waals surface area contributed by atoms with Gasteiger partial charge >= 0.3 is 0 Å². The van der Waals surface area contributed by atoms with Crippen molar-refractivity contribution in [3.05, 3.63) is 35.1 Å². The molecule has 0 unspecified atom stereocenters. The van der Waals surface area contributed by atoms with E-state index in [0.29, 0.717) is 11.1 Å². The minimum absolute atomic E-state index is 0.239. The van der Waals surface area contributed by atoms with E-state index in [1.807, 2.05) is 6.07 Å². The monoisotopic (exact) mass is 169 g/mol. The van der Waals surface area contributed by atoms with E-state index in [9.17, 15) is 4.39 Å². The molecule has 0 spiro atoms. The van der Waals surface area contributed by atoms with Gasteiger partial charge in [-0.15, -0.1) is 11.6 Å². The molecule has 0 bridgehead atoms. The molecule has 11 heavy (non-hydrogen) atoms. The summed E-state index contributed by atoms with van der Waals surface area (Å²) >= 11 is 5.49. The van der Waals surface area contributed by atoms with Crippen LogP contribution in [0.4, 0.5) is 4.39 Å². The average molecular weight is 170 g/mol. The molecule has 0 saturated carbocycles. The number of alkyl halides is 1. The van der Waals surface area contributed by atoms with E-state index in [1.54, 1.807) is 0 Å². The van der Waals surface area contributed by atoms with Crippen molar-refractivity contribution in [2.75, 3.05) is 0 Å². The molecular weight excluding hydrogens is 165 g/mol. The lowest BCUT2D eigenvalue weighted by Crippen LogP contribution is -1.86. The fourth-order valence-electron chi connectivity index (χ4n) is 0.769. The maximum absolute atomic E-state index is 12.5. The van der Waals surface area contributed by atoms with Crippen LogP contribution in [-0.4, -0.2) is 0 Å². The van der Waals surface area contributed by atoms with E-state index >= 15 is 0 Å². The van der Waals surface area contributed by atoms with Crippen molar-refractivity contribution in [3.63, 3.8) is 0 Å². The number of hydrogen-bond donors (Lipinski definition) is 0. The first-order chi connectivity index (χ1) is 5.27. The SMILES string of the molecule is N#Cc1cc(F)ccc1CCl. The predicted molar refractivity (Wildman–Crippen MR) is 40.7 cm³/mol. The van der Waals surface area contributed by atoms with Crippen LogP contribution < -0.4 is 0 Å². The van der Waals surface area contributed by atoms with E-state index in [2.05, 4.69) is 0 Å². The van der Waals surface area contributed by atoms with Gasteiger partial charge in [-0.1, -0.05) is 6.07 Å².